The second-order valence-electron chi connectivity index (χ2n) is 2.11. The average molecular weight is 186 g/mol. The van der Waals surface area contributed by atoms with E-state index in [1.165, 1.54) is 0 Å². The molecule has 4 heteroatoms. The van der Waals surface area contributed by atoms with Gasteiger partial charge in [0.15, 0.2) is 5.65 Å². The highest BCUT2D eigenvalue weighted by Crippen LogP contribution is 2.19. The summed E-state index contributed by atoms with van der Waals surface area (Å²) in [5, 5.41) is 1.13. The molecule has 0 aromatic carbocycles. The van der Waals surface area contributed by atoms with Crippen LogP contribution < -0.4 is 0 Å². The van der Waals surface area contributed by atoms with Crippen LogP contribution in [0.5, 0.6) is 0 Å². The summed E-state index contributed by atoms with van der Waals surface area (Å²) in [6.07, 6.45) is 6.08. The minimum atomic E-state index is 0.541. The van der Waals surface area contributed by atoms with E-state index in [1.807, 2.05) is 0 Å². The van der Waals surface area contributed by atoms with Crippen molar-refractivity contribution in [2.24, 2.45) is 0 Å². The van der Waals surface area contributed by atoms with Crippen LogP contribution in [0.4, 0.5) is 0 Å². The lowest BCUT2D eigenvalue weighted by Gasteiger charge is -1.95. The van der Waals surface area contributed by atoms with Crippen molar-refractivity contribution in [2.45, 2.75) is 0 Å². The Labute approximate surface area is 73.4 Å². The summed E-state index contributed by atoms with van der Waals surface area (Å²) in [7, 11) is 0. The van der Waals surface area contributed by atoms with E-state index in [1.54, 1.807) is 22.9 Å². The molecule has 0 atom stereocenters. The van der Waals surface area contributed by atoms with Gasteiger partial charge in [0.2, 0.25) is 0 Å². The smallest absolute Gasteiger partial charge is 0.156 e. The van der Waals surface area contributed by atoms with Crippen LogP contribution in [-0.4, -0.2) is 9.38 Å². The van der Waals surface area contributed by atoms with E-state index < -0.39 is 0 Å². The fraction of sp³-hybridized carbons (Fsp3) is 0. The number of hydrogen-bond donors (Lipinski definition) is 0. The number of rotatable bonds is 0. The standard InChI is InChI=1S/C7H3Cl2N2/c8-5-3-6(9)7-10-1-2-11(7)4-5/h2-4H. The Morgan fingerprint density at radius 2 is 2.27 bits per heavy atom. The average Bonchev–Trinajstić information content (AvgIpc) is 2.34. The van der Waals surface area contributed by atoms with Gasteiger partial charge in [-0.05, 0) is 6.07 Å². The van der Waals surface area contributed by atoms with E-state index in [0.717, 1.165) is 0 Å². The van der Waals surface area contributed by atoms with E-state index in [4.69, 9.17) is 23.2 Å². The number of imidazole rings is 1. The summed E-state index contributed by atoms with van der Waals surface area (Å²) in [5.41, 5.74) is 0.677. The van der Waals surface area contributed by atoms with E-state index in [2.05, 4.69) is 11.2 Å². The highest BCUT2D eigenvalue weighted by Gasteiger charge is 2.00. The zero-order valence-corrected chi connectivity index (χ0v) is 6.89. The Kier molecular flexibility index (Phi) is 1.51. The number of halogens is 2. The molecular weight excluding hydrogens is 183 g/mol. The number of nitrogens with zero attached hydrogens (tertiary/aromatic N) is 2. The van der Waals surface area contributed by atoms with Crippen LogP contribution in [0.25, 0.3) is 5.65 Å². The molecule has 0 amide bonds. The minimum Gasteiger partial charge on any atom is -0.304 e. The van der Waals surface area contributed by atoms with Gasteiger partial charge < -0.3 is 4.40 Å². The van der Waals surface area contributed by atoms with Gasteiger partial charge in [-0.15, -0.1) is 0 Å². The Hall–Kier alpha value is -0.730. The van der Waals surface area contributed by atoms with Crippen LogP contribution in [0.15, 0.2) is 18.5 Å². The Bertz CT molecular complexity index is 394. The molecule has 0 spiro atoms. The van der Waals surface area contributed by atoms with E-state index in [0.29, 0.717) is 15.7 Å². The normalized spacial score (nSPS) is 10.7. The summed E-state index contributed by atoms with van der Waals surface area (Å²) in [6, 6.07) is 1.65. The van der Waals surface area contributed by atoms with Crippen LogP contribution in [0.3, 0.4) is 0 Å². The molecule has 2 aromatic heterocycles. The van der Waals surface area contributed by atoms with E-state index in [9.17, 15) is 0 Å². The van der Waals surface area contributed by atoms with Gasteiger partial charge in [0, 0.05) is 12.4 Å². The molecule has 2 nitrogen and oxygen atoms in total. The second kappa shape index (κ2) is 2.40. The molecule has 0 saturated carbocycles. The first-order chi connectivity index (χ1) is 5.27. The molecule has 2 heterocycles. The maximum Gasteiger partial charge on any atom is 0.156 e. The van der Waals surface area contributed by atoms with Crippen molar-refractivity contribution < 1.29 is 0 Å². The van der Waals surface area contributed by atoms with Gasteiger partial charge in [0.1, 0.15) is 6.20 Å². The lowest BCUT2D eigenvalue weighted by molar-refractivity contribution is 1.19. The molecule has 11 heavy (non-hydrogen) atoms. The van der Waals surface area contributed by atoms with Crippen molar-refractivity contribution in [3.05, 3.63) is 34.7 Å². The lowest BCUT2D eigenvalue weighted by Crippen LogP contribution is -1.82. The number of fused-ring (bicyclic) bond motifs is 1. The molecule has 0 aliphatic rings. The molecule has 0 bridgehead atoms. The zero-order chi connectivity index (χ0) is 7.84. The Balaban J connectivity index is 2.91. The molecule has 2 rings (SSSR count). The van der Waals surface area contributed by atoms with Crippen LogP contribution in [0.1, 0.15) is 0 Å². The minimum absolute atomic E-state index is 0.541. The molecule has 55 valence electrons. The highest BCUT2D eigenvalue weighted by atomic mass is 35.5. The van der Waals surface area contributed by atoms with Gasteiger partial charge in [0.25, 0.3) is 0 Å². The molecule has 0 N–H and O–H groups in total. The summed E-state index contributed by atoms with van der Waals surface area (Å²) in [6.45, 7) is 0. The fourth-order valence-corrected chi connectivity index (χ4v) is 1.43. The van der Waals surface area contributed by atoms with Crippen LogP contribution in [-0.2, 0) is 0 Å². The molecule has 1 radical (unpaired) electrons. The van der Waals surface area contributed by atoms with Crippen molar-refractivity contribution >= 4 is 28.8 Å². The number of aromatic nitrogens is 2. The van der Waals surface area contributed by atoms with Crippen molar-refractivity contribution in [1.82, 2.24) is 9.38 Å². The van der Waals surface area contributed by atoms with E-state index >= 15 is 0 Å². The first-order valence-corrected chi connectivity index (χ1v) is 3.73. The largest absolute Gasteiger partial charge is 0.304 e. The summed E-state index contributed by atoms with van der Waals surface area (Å²) in [5.74, 6) is 0. The molecule has 2 aromatic rings. The van der Waals surface area contributed by atoms with Crippen LogP contribution in [0, 0.1) is 6.20 Å². The first-order valence-electron chi connectivity index (χ1n) is 2.97. The molecule has 0 aliphatic heterocycles. The van der Waals surface area contributed by atoms with Crippen molar-refractivity contribution in [2.75, 3.05) is 0 Å². The van der Waals surface area contributed by atoms with Crippen LogP contribution in [0.2, 0.25) is 10.0 Å². The summed E-state index contributed by atoms with van der Waals surface area (Å²) in [4.78, 5) is 3.91. The predicted molar refractivity (Wildman–Crippen MR) is 44.0 cm³/mol. The van der Waals surface area contributed by atoms with Crippen molar-refractivity contribution in [3.63, 3.8) is 0 Å². The molecule has 0 fully saturated rings. The maximum atomic E-state index is 5.82. The predicted octanol–water partition coefficient (Wildman–Crippen LogP) is 2.44. The molecular formula is C7H3Cl2N2. The molecule has 0 saturated heterocycles. The van der Waals surface area contributed by atoms with Gasteiger partial charge in [0.05, 0.1) is 10.0 Å². The Morgan fingerprint density at radius 3 is 3.09 bits per heavy atom. The SMILES string of the molecule is Clc1cc(Cl)c2n[c]cn2c1. The van der Waals surface area contributed by atoms with Crippen molar-refractivity contribution in [3.8, 4) is 0 Å². The van der Waals surface area contributed by atoms with Gasteiger partial charge in [-0.1, -0.05) is 23.2 Å². The van der Waals surface area contributed by atoms with Crippen molar-refractivity contribution in [1.29, 1.82) is 0 Å². The third-order valence-corrected chi connectivity index (χ3v) is 1.84. The van der Waals surface area contributed by atoms with Crippen LogP contribution >= 0.6 is 23.2 Å². The number of hydrogen-bond acceptors (Lipinski definition) is 1. The maximum absolute atomic E-state index is 5.82. The lowest BCUT2D eigenvalue weighted by atomic mass is 10.5. The van der Waals surface area contributed by atoms with Gasteiger partial charge >= 0.3 is 0 Å². The van der Waals surface area contributed by atoms with Gasteiger partial charge in [-0.2, -0.15) is 0 Å². The fourth-order valence-electron chi connectivity index (χ4n) is 0.902. The van der Waals surface area contributed by atoms with E-state index in [-0.39, 0.29) is 0 Å². The highest BCUT2D eigenvalue weighted by molar-refractivity contribution is 6.36. The topological polar surface area (TPSA) is 17.3 Å². The second-order valence-corrected chi connectivity index (χ2v) is 2.95. The first kappa shape index (κ1) is 6.95. The zero-order valence-electron chi connectivity index (χ0n) is 5.38. The third-order valence-electron chi connectivity index (χ3n) is 1.35. The molecule has 0 unspecified atom stereocenters. The van der Waals surface area contributed by atoms with Gasteiger partial charge in [-0.3, -0.25) is 0 Å². The Morgan fingerprint density at radius 1 is 1.45 bits per heavy atom. The molecule has 0 aliphatic carbocycles. The van der Waals surface area contributed by atoms with Gasteiger partial charge in [-0.25, -0.2) is 4.98 Å². The monoisotopic (exact) mass is 185 g/mol. The summed E-state index contributed by atoms with van der Waals surface area (Å²) >= 11 is 11.5. The summed E-state index contributed by atoms with van der Waals surface area (Å²) < 4.78 is 1.73. The third kappa shape index (κ3) is 1.08. The quantitative estimate of drug-likeness (QED) is 0.617. The number of pyridine rings is 1.